The molecule has 0 fully saturated rings. The molecule has 2 aromatic carbocycles. The van der Waals surface area contributed by atoms with Crippen molar-refractivity contribution in [1.82, 2.24) is 0 Å². The first-order valence-corrected chi connectivity index (χ1v) is 8.86. The van der Waals surface area contributed by atoms with Crippen LogP contribution in [0.2, 0.25) is 0 Å². The topological polar surface area (TPSA) is 59.6 Å². The maximum absolute atomic E-state index is 11.8. The molecule has 2 N–H and O–H groups in total. The maximum Gasteiger partial charge on any atom is 0.224 e. The minimum Gasteiger partial charge on any atom is -0.493 e. The normalized spacial score (nSPS) is 10.5. The van der Waals surface area contributed by atoms with Gasteiger partial charge in [-0.15, -0.1) is 0 Å². The van der Waals surface area contributed by atoms with Crippen LogP contribution in [0.15, 0.2) is 42.5 Å². The summed E-state index contributed by atoms with van der Waals surface area (Å²) < 4.78 is 10.6. The monoisotopic (exact) mass is 356 g/mol. The SMILES string of the molecule is COc1ccc(CCNc2ccc(NC(=O)CC(C)C)cc2)cc1OC. The zero-order chi connectivity index (χ0) is 18.9. The molecule has 0 saturated carbocycles. The van der Waals surface area contributed by atoms with E-state index in [0.717, 1.165) is 35.8 Å². The van der Waals surface area contributed by atoms with Crippen molar-refractivity contribution in [2.45, 2.75) is 26.7 Å². The van der Waals surface area contributed by atoms with E-state index in [1.807, 2.05) is 56.3 Å². The Morgan fingerprint density at radius 3 is 2.23 bits per heavy atom. The standard InChI is InChI=1S/C21H28N2O3/c1-15(2)13-21(24)23-18-8-6-17(7-9-18)22-12-11-16-5-10-19(25-3)20(14-16)26-4/h5-10,14-15,22H,11-13H2,1-4H3,(H,23,24). The summed E-state index contributed by atoms with van der Waals surface area (Å²) >= 11 is 0. The molecule has 0 aromatic heterocycles. The zero-order valence-electron chi connectivity index (χ0n) is 16.0. The summed E-state index contributed by atoms with van der Waals surface area (Å²) in [5.41, 5.74) is 3.01. The van der Waals surface area contributed by atoms with Gasteiger partial charge in [0, 0.05) is 24.3 Å². The van der Waals surface area contributed by atoms with Crippen LogP contribution < -0.4 is 20.1 Å². The van der Waals surface area contributed by atoms with Crippen molar-refractivity contribution in [3.8, 4) is 11.5 Å². The third-order valence-electron chi connectivity index (χ3n) is 3.95. The van der Waals surface area contributed by atoms with E-state index in [4.69, 9.17) is 9.47 Å². The zero-order valence-corrected chi connectivity index (χ0v) is 16.0. The molecule has 26 heavy (non-hydrogen) atoms. The quantitative estimate of drug-likeness (QED) is 0.701. The molecule has 0 atom stereocenters. The van der Waals surface area contributed by atoms with Crippen LogP contribution >= 0.6 is 0 Å². The van der Waals surface area contributed by atoms with E-state index in [9.17, 15) is 4.79 Å². The van der Waals surface area contributed by atoms with Gasteiger partial charge in [-0.1, -0.05) is 19.9 Å². The summed E-state index contributed by atoms with van der Waals surface area (Å²) in [7, 11) is 3.27. The second-order valence-electron chi connectivity index (χ2n) is 6.59. The first-order chi connectivity index (χ1) is 12.5. The van der Waals surface area contributed by atoms with Gasteiger partial charge in [-0.3, -0.25) is 4.79 Å². The predicted molar refractivity (Wildman–Crippen MR) is 106 cm³/mol. The van der Waals surface area contributed by atoms with E-state index in [1.165, 1.54) is 5.56 Å². The molecule has 140 valence electrons. The Kier molecular flexibility index (Phi) is 7.33. The van der Waals surface area contributed by atoms with Crippen molar-refractivity contribution < 1.29 is 14.3 Å². The molecule has 0 heterocycles. The van der Waals surface area contributed by atoms with Crippen LogP contribution in [0.5, 0.6) is 11.5 Å². The van der Waals surface area contributed by atoms with Gasteiger partial charge < -0.3 is 20.1 Å². The molecule has 0 aliphatic carbocycles. The van der Waals surface area contributed by atoms with Crippen molar-refractivity contribution in [3.05, 3.63) is 48.0 Å². The summed E-state index contributed by atoms with van der Waals surface area (Å²) in [5.74, 6) is 1.88. The Hall–Kier alpha value is -2.69. The number of anilines is 2. The van der Waals surface area contributed by atoms with Crippen molar-refractivity contribution in [3.63, 3.8) is 0 Å². The molecule has 0 saturated heterocycles. The van der Waals surface area contributed by atoms with Crippen LogP contribution in [-0.4, -0.2) is 26.7 Å². The third-order valence-corrected chi connectivity index (χ3v) is 3.95. The lowest BCUT2D eigenvalue weighted by atomic mass is 10.1. The molecule has 2 aromatic rings. The Balaban J connectivity index is 1.83. The molecule has 5 nitrogen and oxygen atoms in total. The summed E-state index contributed by atoms with van der Waals surface area (Å²) in [6.07, 6.45) is 1.40. The van der Waals surface area contributed by atoms with E-state index in [0.29, 0.717) is 12.3 Å². The van der Waals surface area contributed by atoms with Gasteiger partial charge in [-0.2, -0.15) is 0 Å². The molecule has 0 aliphatic heterocycles. The van der Waals surface area contributed by atoms with Crippen LogP contribution in [0, 0.1) is 5.92 Å². The molecule has 2 rings (SSSR count). The van der Waals surface area contributed by atoms with Crippen molar-refractivity contribution in [2.75, 3.05) is 31.4 Å². The minimum atomic E-state index is 0.0502. The van der Waals surface area contributed by atoms with Gasteiger partial charge in [0.25, 0.3) is 0 Å². The second kappa shape index (κ2) is 9.70. The molecule has 0 spiro atoms. The van der Waals surface area contributed by atoms with Gasteiger partial charge in [-0.25, -0.2) is 0 Å². The lowest BCUT2D eigenvalue weighted by Crippen LogP contribution is -2.13. The molecule has 0 bridgehead atoms. The van der Waals surface area contributed by atoms with Gasteiger partial charge >= 0.3 is 0 Å². The van der Waals surface area contributed by atoms with Gasteiger partial charge in [0.05, 0.1) is 14.2 Å². The number of hydrogen-bond acceptors (Lipinski definition) is 4. The molecule has 5 heteroatoms. The highest BCUT2D eigenvalue weighted by molar-refractivity contribution is 5.90. The van der Waals surface area contributed by atoms with Crippen LogP contribution in [0.4, 0.5) is 11.4 Å². The number of rotatable bonds is 9. The van der Waals surface area contributed by atoms with Gasteiger partial charge in [-0.05, 0) is 54.3 Å². The molecule has 1 amide bonds. The average Bonchev–Trinajstić information content (AvgIpc) is 2.62. The summed E-state index contributed by atoms with van der Waals surface area (Å²) in [6.45, 7) is 4.87. The fraction of sp³-hybridized carbons (Fsp3) is 0.381. The van der Waals surface area contributed by atoms with E-state index in [-0.39, 0.29) is 5.91 Å². The number of amides is 1. The third kappa shape index (κ3) is 5.99. The Morgan fingerprint density at radius 2 is 1.62 bits per heavy atom. The van der Waals surface area contributed by atoms with Crippen LogP contribution in [0.25, 0.3) is 0 Å². The number of carbonyl (C=O) groups excluding carboxylic acids is 1. The first-order valence-electron chi connectivity index (χ1n) is 8.86. The molecular formula is C21H28N2O3. The van der Waals surface area contributed by atoms with E-state index in [1.54, 1.807) is 14.2 Å². The largest absolute Gasteiger partial charge is 0.493 e. The van der Waals surface area contributed by atoms with E-state index < -0.39 is 0 Å². The fourth-order valence-electron chi connectivity index (χ4n) is 2.64. The number of benzene rings is 2. The number of nitrogens with one attached hydrogen (secondary N) is 2. The maximum atomic E-state index is 11.8. The summed E-state index contributed by atoms with van der Waals surface area (Å²) in [4.78, 5) is 11.8. The van der Waals surface area contributed by atoms with Crippen LogP contribution in [0.3, 0.4) is 0 Å². The Morgan fingerprint density at radius 1 is 0.962 bits per heavy atom. The van der Waals surface area contributed by atoms with Crippen LogP contribution in [0.1, 0.15) is 25.8 Å². The Labute approximate surface area is 155 Å². The van der Waals surface area contributed by atoms with E-state index >= 15 is 0 Å². The van der Waals surface area contributed by atoms with Crippen molar-refractivity contribution >= 4 is 17.3 Å². The van der Waals surface area contributed by atoms with Gasteiger partial charge in [0.2, 0.25) is 5.91 Å². The summed E-state index contributed by atoms with van der Waals surface area (Å²) in [6, 6.07) is 13.7. The fourth-order valence-corrected chi connectivity index (χ4v) is 2.64. The molecule has 0 radical (unpaired) electrons. The lowest BCUT2D eigenvalue weighted by Gasteiger charge is -2.11. The van der Waals surface area contributed by atoms with Crippen molar-refractivity contribution in [1.29, 1.82) is 0 Å². The predicted octanol–water partition coefficient (Wildman–Crippen LogP) is 4.34. The van der Waals surface area contributed by atoms with Gasteiger partial charge in [0.15, 0.2) is 11.5 Å². The Bertz CT molecular complexity index is 712. The second-order valence-corrected chi connectivity index (χ2v) is 6.59. The van der Waals surface area contributed by atoms with Crippen molar-refractivity contribution in [2.24, 2.45) is 5.92 Å². The highest BCUT2D eigenvalue weighted by Gasteiger charge is 2.06. The smallest absolute Gasteiger partial charge is 0.224 e. The number of hydrogen-bond donors (Lipinski definition) is 2. The lowest BCUT2D eigenvalue weighted by molar-refractivity contribution is -0.116. The number of carbonyl (C=O) groups is 1. The molecule has 0 unspecified atom stereocenters. The highest BCUT2D eigenvalue weighted by Crippen LogP contribution is 2.27. The number of methoxy groups -OCH3 is 2. The highest BCUT2D eigenvalue weighted by atomic mass is 16.5. The van der Waals surface area contributed by atoms with E-state index in [2.05, 4.69) is 10.6 Å². The molecule has 0 aliphatic rings. The van der Waals surface area contributed by atoms with Gasteiger partial charge in [0.1, 0.15) is 0 Å². The summed E-state index contributed by atoms with van der Waals surface area (Å²) in [5, 5.41) is 6.30. The van der Waals surface area contributed by atoms with Crippen LogP contribution in [-0.2, 0) is 11.2 Å². The average molecular weight is 356 g/mol. The number of ether oxygens (including phenoxy) is 2. The first kappa shape index (κ1) is 19.6. The minimum absolute atomic E-state index is 0.0502. The molecular weight excluding hydrogens is 328 g/mol.